The van der Waals surface area contributed by atoms with E-state index in [0.29, 0.717) is 30.9 Å². The number of benzene rings is 2. The Morgan fingerprint density at radius 3 is 2.23 bits per heavy atom. The predicted octanol–water partition coefficient (Wildman–Crippen LogP) is 5.46. The summed E-state index contributed by atoms with van der Waals surface area (Å²) in [5, 5.41) is 2.90. The predicted molar refractivity (Wildman–Crippen MR) is 137 cm³/mol. The smallest absolute Gasteiger partial charge is 0.352 e. The average Bonchev–Trinajstić information content (AvgIpc) is 3.24. The maximum atomic E-state index is 14.9. The molecule has 2 aliphatic rings. The van der Waals surface area contributed by atoms with Crippen LogP contribution in [0.15, 0.2) is 47.4 Å². The molecule has 5 nitrogen and oxygen atoms in total. The molecule has 2 aromatic carbocycles. The quantitative estimate of drug-likeness (QED) is 0.356. The van der Waals surface area contributed by atoms with Crippen LogP contribution in [0.25, 0.3) is 0 Å². The van der Waals surface area contributed by atoms with Crippen LogP contribution in [0.1, 0.15) is 63.6 Å². The zero-order valence-electron chi connectivity index (χ0n) is 22.2. The van der Waals surface area contributed by atoms with Crippen LogP contribution in [-0.2, 0) is 31.5 Å². The van der Waals surface area contributed by atoms with E-state index in [0.717, 1.165) is 24.3 Å². The van der Waals surface area contributed by atoms with E-state index >= 15 is 0 Å². The van der Waals surface area contributed by atoms with E-state index in [4.69, 9.17) is 5.73 Å². The lowest BCUT2D eigenvalue weighted by Gasteiger charge is -2.44. The van der Waals surface area contributed by atoms with Gasteiger partial charge in [0.05, 0.1) is 10.4 Å². The number of alkyl halides is 4. The molecular formula is C28H33F5N2O3S. The number of hydrogen-bond acceptors (Lipinski definition) is 4. The SMILES string of the molecule is CC(NC(=O)C(C)(C)N)[C@@H]1CC[C@@]2(S(=O)(=O)c3ccc(F)cc3)c3ccc(C(C)(F)C(F)(F)F)cc3CC[C@@H]12. The highest BCUT2D eigenvalue weighted by atomic mass is 32.2. The van der Waals surface area contributed by atoms with E-state index in [9.17, 15) is 35.2 Å². The van der Waals surface area contributed by atoms with Crippen molar-refractivity contribution in [2.24, 2.45) is 17.6 Å². The van der Waals surface area contributed by atoms with Crippen molar-refractivity contribution in [3.63, 3.8) is 0 Å². The van der Waals surface area contributed by atoms with Gasteiger partial charge in [0.25, 0.3) is 0 Å². The van der Waals surface area contributed by atoms with Crippen LogP contribution in [0.4, 0.5) is 22.0 Å². The maximum Gasteiger partial charge on any atom is 0.426 e. The molecule has 0 spiro atoms. The molecule has 5 atom stereocenters. The van der Waals surface area contributed by atoms with E-state index in [1.165, 1.54) is 18.2 Å². The van der Waals surface area contributed by atoms with Gasteiger partial charge in [-0.05, 0) is 106 Å². The molecule has 2 unspecified atom stereocenters. The maximum absolute atomic E-state index is 14.9. The van der Waals surface area contributed by atoms with Crippen LogP contribution >= 0.6 is 0 Å². The summed E-state index contributed by atoms with van der Waals surface area (Å²) in [6.07, 6.45) is -4.08. The number of carbonyl (C=O) groups is 1. The number of nitrogens with two attached hydrogens (primary N) is 1. The molecule has 0 bridgehead atoms. The van der Waals surface area contributed by atoms with Gasteiger partial charge in [0, 0.05) is 6.04 Å². The Labute approximate surface area is 225 Å². The number of rotatable bonds is 6. The van der Waals surface area contributed by atoms with Crippen molar-refractivity contribution in [3.8, 4) is 0 Å². The van der Waals surface area contributed by atoms with Crippen LogP contribution in [0, 0.1) is 17.7 Å². The first-order valence-electron chi connectivity index (χ1n) is 12.8. The Morgan fingerprint density at radius 1 is 1.05 bits per heavy atom. The Balaban J connectivity index is 1.86. The monoisotopic (exact) mass is 572 g/mol. The fourth-order valence-electron chi connectivity index (χ4n) is 6.28. The second-order valence-corrected chi connectivity index (χ2v) is 13.8. The number of fused-ring (bicyclic) bond motifs is 3. The Bertz CT molecular complexity index is 1370. The van der Waals surface area contributed by atoms with Gasteiger partial charge >= 0.3 is 6.18 Å². The summed E-state index contributed by atoms with van der Waals surface area (Å²) in [6.45, 7) is 5.34. The van der Waals surface area contributed by atoms with Crippen LogP contribution in [0.2, 0.25) is 0 Å². The summed E-state index contributed by atoms with van der Waals surface area (Å²) in [5.74, 6) is -1.82. The Hall–Kier alpha value is -2.53. The minimum Gasteiger partial charge on any atom is -0.352 e. The number of carbonyl (C=O) groups excluding carboxylic acids is 1. The molecule has 0 aliphatic heterocycles. The largest absolute Gasteiger partial charge is 0.426 e. The van der Waals surface area contributed by atoms with Crippen molar-refractivity contribution in [1.29, 1.82) is 0 Å². The van der Waals surface area contributed by atoms with Crippen LogP contribution in [0.5, 0.6) is 0 Å². The van der Waals surface area contributed by atoms with Gasteiger partial charge in [-0.25, -0.2) is 17.2 Å². The van der Waals surface area contributed by atoms with E-state index in [2.05, 4.69) is 5.32 Å². The molecule has 0 aromatic heterocycles. The lowest BCUT2D eigenvalue weighted by molar-refractivity contribution is -0.228. The van der Waals surface area contributed by atoms with Gasteiger partial charge in [0.2, 0.25) is 11.6 Å². The average molecular weight is 573 g/mol. The molecule has 3 N–H and O–H groups in total. The lowest BCUT2D eigenvalue weighted by atomic mass is 9.71. The van der Waals surface area contributed by atoms with Gasteiger partial charge in [-0.2, -0.15) is 13.2 Å². The molecule has 0 saturated heterocycles. The summed E-state index contributed by atoms with van der Waals surface area (Å²) in [5.41, 5.74) is 1.23. The second kappa shape index (κ2) is 9.54. The van der Waals surface area contributed by atoms with Crippen molar-refractivity contribution < 1.29 is 35.2 Å². The highest BCUT2D eigenvalue weighted by Gasteiger charge is 2.61. The Morgan fingerprint density at radius 2 is 1.67 bits per heavy atom. The van der Waals surface area contributed by atoms with E-state index < -0.39 is 61.2 Å². The highest BCUT2D eigenvalue weighted by molar-refractivity contribution is 7.92. The fourth-order valence-corrected chi connectivity index (χ4v) is 8.76. The van der Waals surface area contributed by atoms with Gasteiger partial charge in [-0.1, -0.05) is 18.2 Å². The van der Waals surface area contributed by atoms with Crippen LogP contribution in [-0.4, -0.2) is 32.1 Å². The Kier molecular flexibility index (Phi) is 7.20. The standard InChI is InChI=1S/C28H33F5N2O3S/c1-16(35-24(36)25(2,3)34)21-13-14-27(39(37,38)20-9-7-19(29)8-10-20)22-12-6-18(26(4,30)28(31,32)33)15-17(22)5-11-23(21)27/h6-10,12,15-16,21,23H,5,11,13-14,34H2,1-4H3,(H,35,36)/t16?,21-,23-,26?,27+/m0/s1. The molecule has 214 valence electrons. The van der Waals surface area contributed by atoms with Crippen LogP contribution in [0.3, 0.4) is 0 Å². The molecule has 0 heterocycles. The van der Waals surface area contributed by atoms with Crippen molar-refractivity contribution in [1.82, 2.24) is 5.32 Å². The molecule has 11 heteroatoms. The summed E-state index contributed by atoms with van der Waals surface area (Å²) in [7, 11) is -4.21. The van der Waals surface area contributed by atoms with Gasteiger partial charge in [0.15, 0.2) is 9.84 Å². The number of halogens is 5. The summed E-state index contributed by atoms with van der Waals surface area (Å²) in [6, 6.07) is 7.42. The van der Waals surface area contributed by atoms with Crippen LogP contribution < -0.4 is 11.1 Å². The number of hydrogen-bond donors (Lipinski definition) is 2. The third-order valence-electron chi connectivity index (χ3n) is 8.51. The number of aryl methyl sites for hydroxylation is 1. The van der Waals surface area contributed by atoms with E-state index in [1.54, 1.807) is 20.8 Å². The number of nitrogens with one attached hydrogen (secondary N) is 1. The van der Waals surface area contributed by atoms with Gasteiger partial charge < -0.3 is 11.1 Å². The molecular weight excluding hydrogens is 539 g/mol. The van der Waals surface area contributed by atoms with Crippen molar-refractivity contribution in [2.75, 3.05) is 0 Å². The van der Waals surface area contributed by atoms with Gasteiger partial charge in [0.1, 0.15) is 10.6 Å². The van der Waals surface area contributed by atoms with E-state index in [-0.39, 0.29) is 23.7 Å². The minimum atomic E-state index is -5.15. The molecule has 2 aromatic rings. The first-order chi connectivity index (χ1) is 17.8. The third-order valence-corrected chi connectivity index (χ3v) is 11.1. The summed E-state index contributed by atoms with van der Waals surface area (Å²) < 4.78 is 96.1. The van der Waals surface area contributed by atoms with Crippen molar-refractivity contribution >= 4 is 15.7 Å². The van der Waals surface area contributed by atoms with Crippen molar-refractivity contribution in [2.45, 2.75) is 86.4 Å². The van der Waals surface area contributed by atoms with Gasteiger partial charge in [-0.3, -0.25) is 4.79 Å². The fraction of sp³-hybridized carbons (Fsp3) is 0.536. The first kappa shape index (κ1) is 29.5. The zero-order chi connectivity index (χ0) is 29.2. The summed E-state index contributed by atoms with van der Waals surface area (Å²) in [4.78, 5) is 12.5. The second-order valence-electron chi connectivity index (χ2n) is 11.6. The van der Waals surface area contributed by atoms with Crippen molar-refractivity contribution in [3.05, 3.63) is 65.0 Å². The number of amides is 1. The number of sulfone groups is 1. The topological polar surface area (TPSA) is 89.3 Å². The van der Waals surface area contributed by atoms with Gasteiger partial charge in [-0.15, -0.1) is 0 Å². The normalized spacial score (nSPS) is 25.8. The molecule has 1 saturated carbocycles. The molecule has 1 amide bonds. The first-order valence-corrected chi connectivity index (χ1v) is 14.3. The minimum absolute atomic E-state index is 0.114. The lowest BCUT2D eigenvalue weighted by Crippen LogP contribution is -2.54. The van der Waals surface area contributed by atoms with E-state index in [1.807, 2.05) is 0 Å². The highest BCUT2D eigenvalue weighted by Crippen LogP contribution is 2.60. The summed E-state index contributed by atoms with van der Waals surface area (Å²) >= 11 is 0. The molecule has 2 aliphatic carbocycles. The molecule has 0 radical (unpaired) electrons. The molecule has 4 rings (SSSR count). The molecule has 1 fully saturated rings. The zero-order valence-corrected chi connectivity index (χ0v) is 23.0. The third kappa shape index (κ3) is 4.75. The molecule has 39 heavy (non-hydrogen) atoms.